The standard InChI is InChI=1S/C6H10N4O2/c7-6(8,5(11)12)4-10-3-1-2-9-10/h1-3H,4,7-8H2,(H,11,12). The highest BCUT2D eigenvalue weighted by Crippen LogP contribution is 1.95. The maximum Gasteiger partial charge on any atom is 0.340 e. The molecule has 0 aliphatic rings. The Morgan fingerprint density at radius 3 is 2.75 bits per heavy atom. The molecule has 12 heavy (non-hydrogen) atoms. The molecule has 1 heterocycles. The van der Waals surface area contributed by atoms with E-state index < -0.39 is 11.6 Å². The van der Waals surface area contributed by atoms with E-state index in [0.29, 0.717) is 0 Å². The van der Waals surface area contributed by atoms with Crippen LogP contribution in [-0.2, 0) is 11.3 Å². The van der Waals surface area contributed by atoms with E-state index in [4.69, 9.17) is 16.6 Å². The van der Waals surface area contributed by atoms with Crippen LogP contribution in [0.1, 0.15) is 0 Å². The third kappa shape index (κ3) is 1.80. The van der Waals surface area contributed by atoms with Gasteiger partial charge in [0.25, 0.3) is 0 Å². The zero-order valence-corrected chi connectivity index (χ0v) is 6.34. The van der Waals surface area contributed by atoms with Gasteiger partial charge in [0.1, 0.15) is 0 Å². The Morgan fingerprint density at radius 1 is 1.67 bits per heavy atom. The third-order valence-corrected chi connectivity index (χ3v) is 1.38. The molecule has 1 aromatic heterocycles. The van der Waals surface area contributed by atoms with Crippen LogP contribution in [0.3, 0.4) is 0 Å². The Morgan fingerprint density at radius 2 is 2.33 bits per heavy atom. The van der Waals surface area contributed by atoms with Crippen LogP contribution in [0.15, 0.2) is 18.5 Å². The molecule has 0 amide bonds. The molecule has 0 saturated heterocycles. The number of aliphatic carboxylic acids is 1. The molecule has 0 saturated carbocycles. The van der Waals surface area contributed by atoms with E-state index in [1.807, 2.05) is 0 Å². The zero-order valence-electron chi connectivity index (χ0n) is 6.34. The van der Waals surface area contributed by atoms with Crippen LogP contribution >= 0.6 is 0 Å². The molecule has 5 N–H and O–H groups in total. The van der Waals surface area contributed by atoms with Crippen molar-refractivity contribution >= 4 is 5.97 Å². The molecular formula is C6H10N4O2. The third-order valence-electron chi connectivity index (χ3n) is 1.38. The molecule has 0 fully saturated rings. The van der Waals surface area contributed by atoms with Gasteiger partial charge >= 0.3 is 5.97 Å². The van der Waals surface area contributed by atoms with Crippen LogP contribution in [0, 0.1) is 0 Å². The minimum atomic E-state index is -1.76. The van der Waals surface area contributed by atoms with Gasteiger partial charge in [-0.05, 0) is 6.07 Å². The number of carboxylic acid groups (broad SMARTS) is 1. The van der Waals surface area contributed by atoms with Crippen LogP contribution in [-0.4, -0.2) is 26.5 Å². The molecule has 0 bridgehead atoms. The summed E-state index contributed by atoms with van der Waals surface area (Å²) in [6, 6.07) is 1.66. The number of carboxylic acids is 1. The summed E-state index contributed by atoms with van der Waals surface area (Å²) < 4.78 is 1.37. The molecule has 0 aliphatic heterocycles. The smallest absolute Gasteiger partial charge is 0.340 e. The molecule has 0 unspecified atom stereocenters. The van der Waals surface area contributed by atoms with E-state index in [0.717, 1.165) is 0 Å². The van der Waals surface area contributed by atoms with Gasteiger partial charge in [0.15, 0.2) is 5.66 Å². The van der Waals surface area contributed by atoms with E-state index in [-0.39, 0.29) is 6.54 Å². The van der Waals surface area contributed by atoms with Gasteiger partial charge in [-0.3, -0.25) is 4.68 Å². The lowest BCUT2D eigenvalue weighted by molar-refractivity contribution is -0.143. The lowest BCUT2D eigenvalue weighted by atomic mass is 10.2. The maximum absolute atomic E-state index is 10.5. The Balaban J connectivity index is 2.69. The summed E-state index contributed by atoms with van der Waals surface area (Å²) >= 11 is 0. The van der Waals surface area contributed by atoms with E-state index in [1.54, 1.807) is 12.3 Å². The van der Waals surface area contributed by atoms with Crippen LogP contribution in [0.5, 0.6) is 0 Å². The SMILES string of the molecule is NC(N)(Cn1cccn1)C(=O)O. The van der Waals surface area contributed by atoms with Gasteiger partial charge in [-0.2, -0.15) is 5.10 Å². The quantitative estimate of drug-likeness (QED) is 0.482. The predicted octanol–water partition coefficient (Wildman–Crippen LogP) is -1.42. The number of carbonyl (C=O) groups is 1. The van der Waals surface area contributed by atoms with Crippen LogP contribution in [0.4, 0.5) is 0 Å². The van der Waals surface area contributed by atoms with Gasteiger partial charge in [0.05, 0.1) is 6.54 Å². The minimum Gasteiger partial charge on any atom is -0.479 e. The van der Waals surface area contributed by atoms with Crippen LogP contribution in [0.2, 0.25) is 0 Å². The first-order valence-electron chi connectivity index (χ1n) is 3.31. The molecule has 66 valence electrons. The molecule has 0 aromatic carbocycles. The average molecular weight is 170 g/mol. The van der Waals surface area contributed by atoms with Crippen molar-refractivity contribution in [3.05, 3.63) is 18.5 Å². The summed E-state index contributed by atoms with van der Waals surface area (Å²) in [5.41, 5.74) is 8.78. The van der Waals surface area contributed by atoms with Crippen molar-refractivity contribution in [2.75, 3.05) is 0 Å². The van der Waals surface area contributed by atoms with Crippen molar-refractivity contribution < 1.29 is 9.90 Å². The molecule has 1 rings (SSSR count). The van der Waals surface area contributed by atoms with E-state index in [9.17, 15) is 4.79 Å². The second-order valence-electron chi connectivity index (χ2n) is 2.55. The maximum atomic E-state index is 10.5. The summed E-state index contributed by atoms with van der Waals surface area (Å²) in [4.78, 5) is 10.5. The number of hydrogen-bond donors (Lipinski definition) is 3. The fourth-order valence-corrected chi connectivity index (χ4v) is 0.730. The van der Waals surface area contributed by atoms with Gasteiger partial charge in [0.2, 0.25) is 0 Å². The number of rotatable bonds is 3. The number of nitrogens with zero attached hydrogens (tertiary/aromatic N) is 2. The van der Waals surface area contributed by atoms with Gasteiger partial charge in [-0.1, -0.05) is 0 Å². The van der Waals surface area contributed by atoms with Gasteiger partial charge in [-0.15, -0.1) is 0 Å². The number of aromatic nitrogens is 2. The number of nitrogens with two attached hydrogens (primary N) is 2. The highest BCUT2D eigenvalue weighted by molar-refractivity contribution is 5.77. The molecule has 0 atom stereocenters. The molecule has 0 radical (unpaired) electrons. The normalized spacial score (nSPS) is 11.5. The van der Waals surface area contributed by atoms with E-state index in [2.05, 4.69) is 5.10 Å². The second kappa shape index (κ2) is 2.92. The van der Waals surface area contributed by atoms with Crippen LogP contribution < -0.4 is 11.5 Å². The Hall–Kier alpha value is -1.40. The molecule has 0 spiro atoms. The fourth-order valence-electron chi connectivity index (χ4n) is 0.730. The summed E-state index contributed by atoms with van der Waals surface area (Å²) in [5, 5.41) is 12.3. The average Bonchev–Trinajstić information content (AvgIpc) is 2.38. The highest BCUT2D eigenvalue weighted by Gasteiger charge is 2.29. The zero-order chi connectivity index (χ0) is 9.19. The topological polar surface area (TPSA) is 107 Å². The molecule has 1 aromatic rings. The Kier molecular flexibility index (Phi) is 2.11. The first kappa shape index (κ1) is 8.69. The lowest BCUT2D eigenvalue weighted by Crippen LogP contribution is -2.59. The summed E-state index contributed by atoms with van der Waals surface area (Å²) in [5.74, 6) is -1.25. The summed E-state index contributed by atoms with van der Waals surface area (Å²) in [6.07, 6.45) is 3.12. The predicted molar refractivity (Wildman–Crippen MR) is 41.0 cm³/mol. The van der Waals surface area contributed by atoms with Crippen molar-refractivity contribution in [3.8, 4) is 0 Å². The Labute approximate surface area is 68.8 Å². The first-order valence-corrected chi connectivity index (χ1v) is 3.31. The van der Waals surface area contributed by atoms with Crippen molar-refractivity contribution in [2.24, 2.45) is 11.5 Å². The summed E-state index contributed by atoms with van der Waals surface area (Å²) in [7, 11) is 0. The van der Waals surface area contributed by atoms with Gasteiger partial charge in [0, 0.05) is 12.4 Å². The van der Waals surface area contributed by atoms with Crippen molar-refractivity contribution in [1.29, 1.82) is 0 Å². The molecule has 0 aliphatic carbocycles. The Bertz CT molecular complexity index is 267. The van der Waals surface area contributed by atoms with Gasteiger partial charge < -0.3 is 16.6 Å². The second-order valence-corrected chi connectivity index (χ2v) is 2.55. The molecule has 6 heteroatoms. The van der Waals surface area contributed by atoms with Crippen molar-refractivity contribution in [1.82, 2.24) is 9.78 Å². The molecular weight excluding hydrogens is 160 g/mol. The van der Waals surface area contributed by atoms with Crippen LogP contribution in [0.25, 0.3) is 0 Å². The highest BCUT2D eigenvalue weighted by atomic mass is 16.4. The van der Waals surface area contributed by atoms with Crippen molar-refractivity contribution in [3.63, 3.8) is 0 Å². The minimum absolute atomic E-state index is 0.0463. The fraction of sp³-hybridized carbons (Fsp3) is 0.333. The largest absolute Gasteiger partial charge is 0.479 e. The van der Waals surface area contributed by atoms with Gasteiger partial charge in [-0.25, -0.2) is 4.79 Å². The monoisotopic (exact) mass is 170 g/mol. The summed E-state index contributed by atoms with van der Waals surface area (Å²) in [6.45, 7) is -0.0463. The number of hydrogen-bond acceptors (Lipinski definition) is 4. The lowest BCUT2D eigenvalue weighted by Gasteiger charge is -2.18. The molecule has 6 nitrogen and oxygen atoms in total. The van der Waals surface area contributed by atoms with E-state index >= 15 is 0 Å². The van der Waals surface area contributed by atoms with E-state index in [1.165, 1.54) is 10.9 Å². The first-order chi connectivity index (χ1) is 5.52. The van der Waals surface area contributed by atoms with Crippen molar-refractivity contribution in [2.45, 2.75) is 12.2 Å².